The Morgan fingerprint density at radius 2 is 1.86 bits per heavy atom. The molecule has 0 spiro atoms. The molecule has 0 radical (unpaired) electrons. The molecule has 1 amide bonds. The van der Waals surface area contributed by atoms with Gasteiger partial charge in [0, 0.05) is 22.4 Å². The third-order valence-corrected chi connectivity index (χ3v) is 4.22. The highest BCUT2D eigenvalue weighted by atomic mass is 79.9. The number of anilines is 1. The molecular weight excluding hydrogens is 330 g/mol. The van der Waals surface area contributed by atoms with Crippen LogP contribution in [-0.4, -0.2) is 15.9 Å². The lowest BCUT2D eigenvalue weighted by atomic mass is 10.1. The maximum Gasteiger partial charge on any atom is 0.255 e. The number of rotatable bonds is 2. The van der Waals surface area contributed by atoms with Crippen molar-refractivity contribution < 1.29 is 4.79 Å². The van der Waals surface area contributed by atoms with Crippen LogP contribution in [0.25, 0.3) is 11.0 Å². The molecule has 0 atom stereocenters. The van der Waals surface area contributed by atoms with Crippen molar-refractivity contribution in [2.75, 3.05) is 5.32 Å². The van der Waals surface area contributed by atoms with E-state index >= 15 is 0 Å². The number of nitrogens with one attached hydrogen (secondary N) is 1. The van der Waals surface area contributed by atoms with Crippen molar-refractivity contribution in [2.45, 2.75) is 6.92 Å². The van der Waals surface area contributed by atoms with Gasteiger partial charge < -0.3 is 5.32 Å². The molecule has 1 aromatic heterocycles. The fourth-order valence-corrected chi connectivity index (χ4v) is 2.41. The molecule has 2 aromatic carbocycles. The molecule has 1 N–H and O–H groups in total. The molecule has 0 bridgehead atoms. The monoisotopic (exact) mass is 341 g/mol. The molecular formula is C16H12BrN3O. The summed E-state index contributed by atoms with van der Waals surface area (Å²) >= 11 is 3.48. The summed E-state index contributed by atoms with van der Waals surface area (Å²) < 4.78 is 0.888. The molecule has 4 nitrogen and oxygen atoms in total. The normalized spacial score (nSPS) is 10.6. The molecule has 0 aliphatic carbocycles. The number of hydrogen-bond acceptors (Lipinski definition) is 3. The molecule has 0 aliphatic rings. The van der Waals surface area contributed by atoms with Crippen LogP contribution >= 0.6 is 15.9 Å². The Morgan fingerprint density at radius 1 is 1.10 bits per heavy atom. The van der Waals surface area contributed by atoms with E-state index in [2.05, 4.69) is 31.2 Å². The maximum absolute atomic E-state index is 12.3. The van der Waals surface area contributed by atoms with E-state index in [4.69, 9.17) is 0 Å². The molecule has 104 valence electrons. The van der Waals surface area contributed by atoms with Crippen LogP contribution in [0, 0.1) is 6.92 Å². The van der Waals surface area contributed by atoms with Crippen molar-refractivity contribution >= 4 is 38.6 Å². The second kappa shape index (κ2) is 5.61. The topological polar surface area (TPSA) is 54.9 Å². The fourth-order valence-electron chi connectivity index (χ4n) is 2.04. The van der Waals surface area contributed by atoms with E-state index in [1.54, 1.807) is 30.6 Å². The van der Waals surface area contributed by atoms with Gasteiger partial charge in [0.1, 0.15) is 0 Å². The summed E-state index contributed by atoms with van der Waals surface area (Å²) in [5, 5.41) is 2.90. The van der Waals surface area contributed by atoms with Crippen molar-refractivity contribution in [3.63, 3.8) is 0 Å². The van der Waals surface area contributed by atoms with Crippen molar-refractivity contribution in [1.29, 1.82) is 0 Å². The van der Waals surface area contributed by atoms with Crippen LogP contribution in [0.1, 0.15) is 15.9 Å². The van der Waals surface area contributed by atoms with Gasteiger partial charge in [0.2, 0.25) is 0 Å². The number of aryl methyl sites for hydroxylation is 1. The number of nitrogens with zero attached hydrogens (tertiary/aromatic N) is 2. The lowest BCUT2D eigenvalue weighted by molar-refractivity contribution is 0.102. The number of hydrogen-bond donors (Lipinski definition) is 1. The van der Waals surface area contributed by atoms with E-state index in [1.165, 1.54) is 0 Å². The number of amides is 1. The SMILES string of the molecule is Cc1cccc(NC(=O)c2ccc3nccnc3c2)c1Br. The first-order valence-electron chi connectivity index (χ1n) is 6.42. The highest BCUT2D eigenvalue weighted by molar-refractivity contribution is 9.10. The molecule has 0 fully saturated rings. The summed E-state index contributed by atoms with van der Waals surface area (Å²) in [6.07, 6.45) is 3.24. The third kappa shape index (κ3) is 2.78. The van der Waals surface area contributed by atoms with Crippen molar-refractivity contribution in [3.05, 3.63) is 64.4 Å². The van der Waals surface area contributed by atoms with E-state index in [0.29, 0.717) is 11.1 Å². The quantitative estimate of drug-likeness (QED) is 0.767. The summed E-state index contributed by atoms with van der Waals surface area (Å²) in [5.41, 5.74) is 3.84. The lowest BCUT2D eigenvalue weighted by Gasteiger charge is -2.09. The molecule has 3 aromatic rings. The van der Waals surface area contributed by atoms with Crippen LogP contribution in [0.5, 0.6) is 0 Å². The molecule has 3 rings (SSSR count). The number of benzene rings is 2. The van der Waals surface area contributed by atoms with Crippen LogP contribution in [0.15, 0.2) is 53.3 Å². The largest absolute Gasteiger partial charge is 0.321 e. The molecule has 21 heavy (non-hydrogen) atoms. The first kappa shape index (κ1) is 13.7. The Balaban J connectivity index is 1.91. The van der Waals surface area contributed by atoms with Gasteiger partial charge >= 0.3 is 0 Å². The smallest absolute Gasteiger partial charge is 0.255 e. The molecule has 0 aliphatic heterocycles. The van der Waals surface area contributed by atoms with Gasteiger partial charge in [0.25, 0.3) is 5.91 Å². The Bertz CT molecular complexity index is 833. The second-order valence-corrected chi connectivity index (χ2v) is 5.44. The highest BCUT2D eigenvalue weighted by Crippen LogP contribution is 2.26. The number of halogens is 1. The zero-order valence-electron chi connectivity index (χ0n) is 11.3. The van der Waals surface area contributed by atoms with Gasteiger partial charge in [0.05, 0.1) is 16.7 Å². The van der Waals surface area contributed by atoms with E-state index in [-0.39, 0.29) is 5.91 Å². The third-order valence-electron chi connectivity index (χ3n) is 3.17. The van der Waals surface area contributed by atoms with Crippen LogP contribution < -0.4 is 5.32 Å². The second-order valence-electron chi connectivity index (χ2n) is 4.65. The molecule has 5 heteroatoms. The van der Waals surface area contributed by atoms with E-state index in [1.807, 2.05) is 25.1 Å². The number of fused-ring (bicyclic) bond motifs is 1. The van der Waals surface area contributed by atoms with Crippen molar-refractivity contribution in [2.24, 2.45) is 0 Å². The minimum Gasteiger partial charge on any atom is -0.321 e. The zero-order valence-corrected chi connectivity index (χ0v) is 12.9. The van der Waals surface area contributed by atoms with Gasteiger partial charge in [-0.15, -0.1) is 0 Å². The Kier molecular flexibility index (Phi) is 3.66. The highest BCUT2D eigenvalue weighted by Gasteiger charge is 2.10. The van der Waals surface area contributed by atoms with Crippen LogP contribution in [-0.2, 0) is 0 Å². The predicted molar refractivity (Wildman–Crippen MR) is 86.4 cm³/mol. The van der Waals surface area contributed by atoms with Gasteiger partial charge in [-0.05, 0) is 52.7 Å². The minimum absolute atomic E-state index is 0.172. The summed E-state index contributed by atoms with van der Waals surface area (Å²) in [4.78, 5) is 20.7. The minimum atomic E-state index is -0.172. The summed E-state index contributed by atoms with van der Waals surface area (Å²) in [6.45, 7) is 1.98. The summed E-state index contributed by atoms with van der Waals surface area (Å²) in [7, 11) is 0. The Morgan fingerprint density at radius 3 is 2.67 bits per heavy atom. The van der Waals surface area contributed by atoms with E-state index in [0.717, 1.165) is 21.2 Å². The Hall–Kier alpha value is -2.27. The van der Waals surface area contributed by atoms with Gasteiger partial charge in [-0.25, -0.2) is 0 Å². The molecule has 0 saturated heterocycles. The molecule has 1 heterocycles. The molecule has 0 saturated carbocycles. The first-order chi connectivity index (χ1) is 10.1. The maximum atomic E-state index is 12.3. The van der Waals surface area contributed by atoms with E-state index in [9.17, 15) is 4.79 Å². The predicted octanol–water partition coefficient (Wildman–Crippen LogP) is 3.95. The lowest BCUT2D eigenvalue weighted by Crippen LogP contribution is -2.12. The summed E-state index contributed by atoms with van der Waals surface area (Å²) in [5.74, 6) is -0.172. The van der Waals surface area contributed by atoms with Gasteiger partial charge in [-0.1, -0.05) is 12.1 Å². The fraction of sp³-hybridized carbons (Fsp3) is 0.0625. The van der Waals surface area contributed by atoms with Crippen molar-refractivity contribution in [3.8, 4) is 0 Å². The van der Waals surface area contributed by atoms with Crippen LogP contribution in [0.3, 0.4) is 0 Å². The number of carbonyl (C=O) groups excluding carboxylic acids is 1. The van der Waals surface area contributed by atoms with Crippen LogP contribution in [0.2, 0.25) is 0 Å². The van der Waals surface area contributed by atoms with Gasteiger partial charge in [-0.2, -0.15) is 0 Å². The number of aromatic nitrogens is 2. The van der Waals surface area contributed by atoms with E-state index < -0.39 is 0 Å². The van der Waals surface area contributed by atoms with Crippen molar-refractivity contribution in [1.82, 2.24) is 9.97 Å². The Labute approximate surface area is 130 Å². The van der Waals surface area contributed by atoms with Gasteiger partial charge in [-0.3, -0.25) is 14.8 Å². The van der Waals surface area contributed by atoms with Crippen LogP contribution in [0.4, 0.5) is 5.69 Å². The average molecular weight is 342 g/mol. The number of carbonyl (C=O) groups is 1. The standard InChI is InChI=1S/C16H12BrN3O/c1-10-3-2-4-13(15(10)17)20-16(21)11-5-6-12-14(9-11)19-8-7-18-12/h2-9H,1H3,(H,20,21). The van der Waals surface area contributed by atoms with Gasteiger partial charge in [0.15, 0.2) is 0 Å². The summed E-state index contributed by atoms with van der Waals surface area (Å²) in [6, 6.07) is 11.0. The average Bonchev–Trinajstić information content (AvgIpc) is 2.51. The first-order valence-corrected chi connectivity index (χ1v) is 7.22. The zero-order chi connectivity index (χ0) is 14.8. The molecule has 0 unspecified atom stereocenters.